The first-order valence-corrected chi connectivity index (χ1v) is 9.12. The smallest absolute Gasteiger partial charge is 0.190 e. The fourth-order valence-electron chi connectivity index (χ4n) is 2.76. The lowest BCUT2D eigenvalue weighted by Gasteiger charge is -2.24. The molecule has 0 spiro atoms. The number of ether oxygens (including phenoxy) is 2. The number of benzene rings is 1. The van der Waals surface area contributed by atoms with Crippen molar-refractivity contribution in [2.45, 2.75) is 44.2 Å². The topological polar surface area (TPSA) is 50.7 Å². The average molecular weight is 408 g/mol. The third-order valence-corrected chi connectivity index (χ3v) is 4.45. The molecule has 1 atom stereocenters. The van der Waals surface area contributed by atoms with Gasteiger partial charge in [-0.05, 0) is 25.0 Å². The molecule has 7 heteroatoms. The van der Waals surface area contributed by atoms with Crippen LogP contribution in [0.4, 0.5) is 8.78 Å². The molecule has 24 heavy (non-hydrogen) atoms. The van der Waals surface area contributed by atoms with E-state index >= 15 is 0 Å². The van der Waals surface area contributed by atoms with Crippen molar-refractivity contribution in [2.24, 2.45) is 0 Å². The molecule has 1 aromatic rings. The highest BCUT2D eigenvalue weighted by Gasteiger charge is 2.15. The number of aliphatic hydroxyl groups is 1. The number of halogens is 3. The third kappa shape index (κ3) is 6.63. The fourth-order valence-corrected chi connectivity index (χ4v) is 3.16. The predicted molar refractivity (Wildman–Crippen MR) is 91.3 cm³/mol. The van der Waals surface area contributed by atoms with Gasteiger partial charge in [0.15, 0.2) is 17.4 Å². The molecule has 2 rings (SSSR count). The number of rotatable bonds is 9. The van der Waals surface area contributed by atoms with Crippen molar-refractivity contribution in [2.75, 3.05) is 26.4 Å². The van der Waals surface area contributed by atoms with E-state index in [0.717, 1.165) is 25.0 Å². The van der Waals surface area contributed by atoms with Gasteiger partial charge in [-0.15, -0.1) is 0 Å². The lowest BCUT2D eigenvalue weighted by atomic mass is 9.95. The SMILES string of the molecule is OC(CNC1CCCCC1)COCCOc1c(F)cc(Br)cc1F. The summed E-state index contributed by atoms with van der Waals surface area (Å²) in [7, 11) is 0. The van der Waals surface area contributed by atoms with Crippen molar-refractivity contribution in [3.05, 3.63) is 28.2 Å². The monoisotopic (exact) mass is 407 g/mol. The molecule has 0 aliphatic heterocycles. The average Bonchev–Trinajstić information content (AvgIpc) is 2.55. The Labute approximate surface area is 149 Å². The standard InChI is InChI=1S/C17H24BrF2NO3/c18-12-8-15(19)17(16(20)9-12)24-7-6-23-11-14(22)10-21-13-4-2-1-3-5-13/h8-9,13-14,21-22H,1-7,10-11H2. The number of aliphatic hydroxyl groups excluding tert-OH is 1. The zero-order chi connectivity index (χ0) is 17.4. The molecule has 0 heterocycles. The molecule has 1 aliphatic carbocycles. The van der Waals surface area contributed by atoms with Crippen LogP contribution < -0.4 is 10.1 Å². The number of hydrogen-bond donors (Lipinski definition) is 2. The van der Waals surface area contributed by atoms with E-state index in [1.165, 1.54) is 19.3 Å². The van der Waals surface area contributed by atoms with Crippen LogP contribution in [0.5, 0.6) is 5.75 Å². The lowest BCUT2D eigenvalue weighted by molar-refractivity contribution is 0.0226. The van der Waals surface area contributed by atoms with Crippen LogP contribution in [0.15, 0.2) is 16.6 Å². The largest absolute Gasteiger partial charge is 0.485 e. The van der Waals surface area contributed by atoms with E-state index in [-0.39, 0.29) is 19.8 Å². The van der Waals surface area contributed by atoms with Gasteiger partial charge < -0.3 is 19.9 Å². The molecule has 4 nitrogen and oxygen atoms in total. The van der Waals surface area contributed by atoms with E-state index in [4.69, 9.17) is 9.47 Å². The van der Waals surface area contributed by atoms with Gasteiger partial charge in [-0.3, -0.25) is 0 Å². The first-order chi connectivity index (χ1) is 11.6. The van der Waals surface area contributed by atoms with Crippen molar-refractivity contribution < 1.29 is 23.4 Å². The molecular formula is C17H24BrF2NO3. The molecule has 2 N–H and O–H groups in total. The zero-order valence-corrected chi connectivity index (χ0v) is 15.2. The van der Waals surface area contributed by atoms with Crippen molar-refractivity contribution in [1.29, 1.82) is 0 Å². The summed E-state index contributed by atoms with van der Waals surface area (Å²) in [5.41, 5.74) is 0. The minimum absolute atomic E-state index is 0.0121. The van der Waals surface area contributed by atoms with Gasteiger partial charge in [-0.1, -0.05) is 35.2 Å². The Morgan fingerprint density at radius 1 is 1.17 bits per heavy atom. The molecular weight excluding hydrogens is 384 g/mol. The highest BCUT2D eigenvalue weighted by atomic mass is 79.9. The van der Waals surface area contributed by atoms with Gasteiger partial charge in [-0.25, -0.2) is 8.78 Å². The first-order valence-electron chi connectivity index (χ1n) is 8.33. The fraction of sp³-hybridized carbons (Fsp3) is 0.647. The van der Waals surface area contributed by atoms with E-state index in [9.17, 15) is 13.9 Å². The first kappa shape index (κ1) is 19.6. The van der Waals surface area contributed by atoms with Gasteiger partial charge in [-0.2, -0.15) is 0 Å². The Kier molecular flexibility index (Phi) is 8.38. The summed E-state index contributed by atoms with van der Waals surface area (Å²) in [6.07, 6.45) is 5.49. The van der Waals surface area contributed by atoms with Crippen LogP contribution in [0.1, 0.15) is 32.1 Å². The molecule has 1 aromatic carbocycles. The predicted octanol–water partition coefficient (Wildman–Crippen LogP) is 3.41. The molecule has 0 aromatic heterocycles. The molecule has 1 unspecified atom stereocenters. The second-order valence-corrected chi connectivity index (χ2v) is 6.93. The maximum absolute atomic E-state index is 13.5. The Morgan fingerprint density at radius 2 is 1.83 bits per heavy atom. The summed E-state index contributed by atoms with van der Waals surface area (Å²) in [6.45, 7) is 0.809. The summed E-state index contributed by atoms with van der Waals surface area (Å²) in [6, 6.07) is 2.76. The van der Waals surface area contributed by atoms with E-state index in [1.807, 2.05) is 0 Å². The second kappa shape index (κ2) is 10.3. The second-order valence-electron chi connectivity index (χ2n) is 6.02. The molecule has 0 radical (unpaired) electrons. The minimum Gasteiger partial charge on any atom is -0.485 e. The van der Waals surface area contributed by atoms with E-state index in [2.05, 4.69) is 21.2 Å². The van der Waals surface area contributed by atoms with Crippen LogP contribution in [0.2, 0.25) is 0 Å². The maximum Gasteiger partial charge on any atom is 0.190 e. The number of nitrogens with one attached hydrogen (secondary N) is 1. The van der Waals surface area contributed by atoms with Gasteiger partial charge in [0.05, 0.1) is 19.3 Å². The molecule has 1 saturated carbocycles. The van der Waals surface area contributed by atoms with Crippen LogP contribution in [0.3, 0.4) is 0 Å². The summed E-state index contributed by atoms with van der Waals surface area (Å²) < 4.78 is 37.8. The van der Waals surface area contributed by atoms with E-state index in [1.54, 1.807) is 0 Å². The summed E-state index contributed by atoms with van der Waals surface area (Å²) in [5.74, 6) is -1.95. The molecule has 1 fully saturated rings. The number of hydrogen-bond acceptors (Lipinski definition) is 4. The third-order valence-electron chi connectivity index (χ3n) is 3.99. The van der Waals surface area contributed by atoms with Gasteiger partial charge in [0.25, 0.3) is 0 Å². The van der Waals surface area contributed by atoms with Gasteiger partial charge in [0, 0.05) is 17.1 Å². The van der Waals surface area contributed by atoms with Gasteiger partial charge >= 0.3 is 0 Å². The maximum atomic E-state index is 13.5. The van der Waals surface area contributed by atoms with Crippen molar-refractivity contribution in [3.63, 3.8) is 0 Å². The molecule has 1 aliphatic rings. The highest BCUT2D eigenvalue weighted by Crippen LogP contribution is 2.25. The van der Waals surface area contributed by atoms with Crippen molar-refractivity contribution in [3.8, 4) is 5.75 Å². The van der Waals surface area contributed by atoms with Gasteiger partial charge in [0.1, 0.15) is 6.61 Å². The molecule has 136 valence electrons. The zero-order valence-electron chi connectivity index (χ0n) is 13.6. The summed E-state index contributed by atoms with van der Waals surface area (Å²) in [5, 5.41) is 13.2. The van der Waals surface area contributed by atoms with E-state index in [0.29, 0.717) is 17.1 Å². The van der Waals surface area contributed by atoms with Crippen molar-refractivity contribution in [1.82, 2.24) is 5.32 Å². The van der Waals surface area contributed by atoms with Crippen LogP contribution in [-0.2, 0) is 4.74 Å². The Morgan fingerprint density at radius 3 is 2.50 bits per heavy atom. The van der Waals surface area contributed by atoms with E-state index < -0.39 is 23.5 Å². The van der Waals surface area contributed by atoms with Gasteiger partial charge in [0.2, 0.25) is 0 Å². The summed E-state index contributed by atoms with van der Waals surface area (Å²) in [4.78, 5) is 0. The highest BCUT2D eigenvalue weighted by molar-refractivity contribution is 9.10. The molecule has 0 bridgehead atoms. The Balaban J connectivity index is 1.57. The Bertz CT molecular complexity index is 490. The normalized spacial score (nSPS) is 17.0. The lowest BCUT2D eigenvalue weighted by Crippen LogP contribution is -2.38. The Hall–Kier alpha value is -0.760. The van der Waals surface area contributed by atoms with Crippen LogP contribution >= 0.6 is 15.9 Å². The summed E-state index contributed by atoms with van der Waals surface area (Å²) >= 11 is 3.01. The quantitative estimate of drug-likeness (QED) is 0.615. The molecule has 0 amide bonds. The van der Waals surface area contributed by atoms with Crippen molar-refractivity contribution >= 4 is 15.9 Å². The van der Waals surface area contributed by atoms with Crippen LogP contribution in [0.25, 0.3) is 0 Å². The van der Waals surface area contributed by atoms with Crippen LogP contribution in [-0.4, -0.2) is 43.6 Å². The van der Waals surface area contributed by atoms with Crippen LogP contribution in [0, 0.1) is 11.6 Å². The minimum atomic E-state index is -0.765. The molecule has 0 saturated heterocycles.